The molecule has 20 heavy (non-hydrogen) atoms. The largest absolute Gasteiger partial charge is 0.397 e. The Labute approximate surface area is 119 Å². The van der Waals surface area contributed by atoms with E-state index in [-0.39, 0.29) is 10.6 Å². The number of anilines is 2. The Hall–Kier alpha value is -1.28. The second-order valence-corrected chi connectivity index (χ2v) is 9.45. The number of sulfone groups is 2. The lowest BCUT2D eigenvalue weighted by molar-refractivity contribution is 0.591. The molecule has 1 aliphatic rings. The maximum absolute atomic E-state index is 11.7. The third-order valence-electron chi connectivity index (χ3n) is 3.43. The monoisotopic (exact) mass is 318 g/mol. The standard InChI is InChI=1S/C12H18N2O4S2/c1-19(15,16)9-4-5-12(11(13)7-9)14-8-10-3-2-6-20(10,17)18/h4-5,7,10,14H,2-3,6,8,13H2,1H3. The van der Waals surface area contributed by atoms with E-state index in [1.54, 1.807) is 6.07 Å². The minimum absolute atomic E-state index is 0.147. The van der Waals surface area contributed by atoms with Gasteiger partial charge in [-0.25, -0.2) is 16.8 Å². The number of nitrogen functional groups attached to an aromatic ring is 1. The predicted octanol–water partition coefficient (Wildman–Crippen LogP) is 0.661. The highest BCUT2D eigenvalue weighted by Crippen LogP contribution is 2.25. The lowest BCUT2D eigenvalue weighted by atomic mass is 10.2. The highest BCUT2D eigenvalue weighted by molar-refractivity contribution is 7.92. The Bertz CT molecular complexity index is 711. The van der Waals surface area contributed by atoms with E-state index in [1.807, 2.05) is 0 Å². The zero-order valence-electron chi connectivity index (χ0n) is 11.2. The van der Waals surface area contributed by atoms with Gasteiger partial charge in [-0.05, 0) is 31.0 Å². The van der Waals surface area contributed by atoms with Gasteiger partial charge in [0.05, 0.1) is 27.3 Å². The summed E-state index contributed by atoms with van der Waals surface area (Å²) in [4.78, 5) is 0.147. The fraction of sp³-hybridized carbons (Fsp3) is 0.500. The first-order valence-corrected chi connectivity index (χ1v) is 9.86. The normalized spacial score (nSPS) is 21.8. The zero-order chi connectivity index (χ0) is 15.0. The first-order chi connectivity index (χ1) is 9.20. The maximum Gasteiger partial charge on any atom is 0.175 e. The van der Waals surface area contributed by atoms with Crippen molar-refractivity contribution < 1.29 is 16.8 Å². The Morgan fingerprint density at radius 3 is 2.60 bits per heavy atom. The van der Waals surface area contributed by atoms with Crippen LogP contribution in [0.1, 0.15) is 12.8 Å². The molecule has 8 heteroatoms. The molecule has 1 aromatic rings. The second kappa shape index (κ2) is 5.25. The maximum atomic E-state index is 11.7. The van der Waals surface area contributed by atoms with Crippen LogP contribution in [0.3, 0.4) is 0 Å². The van der Waals surface area contributed by atoms with Gasteiger partial charge in [0.15, 0.2) is 19.7 Å². The van der Waals surface area contributed by atoms with Gasteiger partial charge in [-0.3, -0.25) is 0 Å². The van der Waals surface area contributed by atoms with Gasteiger partial charge in [-0.2, -0.15) is 0 Å². The summed E-state index contributed by atoms with van der Waals surface area (Å²) >= 11 is 0. The van der Waals surface area contributed by atoms with E-state index in [0.29, 0.717) is 30.8 Å². The summed E-state index contributed by atoms with van der Waals surface area (Å²) in [6, 6.07) is 4.39. The molecule has 0 saturated carbocycles. The summed E-state index contributed by atoms with van der Waals surface area (Å²) in [5.41, 5.74) is 6.64. The van der Waals surface area contributed by atoms with Crippen LogP contribution in [0.25, 0.3) is 0 Å². The van der Waals surface area contributed by atoms with E-state index in [4.69, 9.17) is 5.73 Å². The van der Waals surface area contributed by atoms with Crippen LogP contribution in [0, 0.1) is 0 Å². The van der Waals surface area contributed by atoms with Gasteiger partial charge in [0.25, 0.3) is 0 Å². The van der Waals surface area contributed by atoms with Gasteiger partial charge in [-0.1, -0.05) is 0 Å². The highest BCUT2D eigenvalue weighted by Gasteiger charge is 2.30. The molecule has 1 aliphatic heterocycles. The third-order valence-corrected chi connectivity index (χ3v) is 6.82. The average Bonchev–Trinajstić information content (AvgIpc) is 2.65. The average molecular weight is 318 g/mol. The molecule has 1 heterocycles. The van der Waals surface area contributed by atoms with E-state index in [2.05, 4.69) is 5.32 Å². The lowest BCUT2D eigenvalue weighted by Gasteiger charge is -2.14. The molecule has 1 unspecified atom stereocenters. The molecule has 2 rings (SSSR count). The minimum atomic E-state index is -3.29. The number of rotatable bonds is 4. The molecule has 1 fully saturated rings. The SMILES string of the molecule is CS(=O)(=O)c1ccc(NCC2CCCS2(=O)=O)c(N)c1. The van der Waals surface area contributed by atoms with Gasteiger partial charge in [-0.15, -0.1) is 0 Å². The molecule has 0 aliphatic carbocycles. The number of benzene rings is 1. The molecule has 3 N–H and O–H groups in total. The van der Waals surface area contributed by atoms with Crippen LogP contribution in [-0.2, 0) is 19.7 Å². The molecule has 6 nitrogen and oxygen atoms in total. The van der Waals surface area contributed by atoms with E-state index >= 15 is 0 Å². The molecule has 1 saturated heterocycles. The molecule has 1 aromatic carbocycles. The van der Waals surface area contributed by atoms with E-state index in [0.717, 1.165) is 6.26 Å². The highest BCUT2D eigenvalue weighted by atomic mass is 32.2. The van der Waals surface area contributed by atoms with Crippen LogP contribution in [0.15, 0.2) is 23.1 Å². The van der Waals surface area contributed by atoms with E-state index in [1.165, 1.54) is 12.1 Å². The van der Waals surface area contributed by atoms with Gasteiger partial charge >= 0.3 is 0 Å². The van der Waals surface area contributed by atoms with E-state index < -0.39 is 24.9 Å². The van der Waals surface area contributed by atoms with Crippen LogP contribution in [0.2, 0.25) is 0 Å². The fourth-order valence-corrected chi connectivity index (χ4v) is 4.67. The van der Waals surface area contributed by atoms with Crippen molar-refractivity contribution >= 4 is 31.0 Å². The van der Waals surface area contributed by atoms with Crippen molar-refractivity contribution in [3.8, 4) is 0 Å². The number of nitrogens with one attached hydrogen (secondary N) is 1. The summed E-state index contributed by atoms with van der Waals surface area (Å²) in [6.07, 6.45) is 2.45. The molecule has 0 amide bonds. The molecule has 0 spiro atoms. The zero-order valence-corrected chi connectivity index (χ0v) is 12.8. The van der Waals surface area contributed by atoms with Gasteiger partial charge < -0.3 is 11.1 Å². The van der Waals surface area contributed by atoms with Crippen molar-refractivity contribution in [2.75, 3.05) is 29.6 Å². The molecule has 0 bridgehead atoms. The molecule has 0 aromatic heterocycles. The smallest absolute Gasteiger partial charge is 0.175 e. The summed E-state index contributed by atoms with van der Waals surface area (Å²) in [5.74, 6) is 0.238. The summed E-state index contributed by atoms with van der Waals surface area (Å²) in [6.45, 7) is 0.296. The van der Waals surface area contributed by atoms with Crippen molar-refractivity contribution in [3.05, 3.63) is 18.2 Å². The quantitative estimate of drug-likeness (QED) is 0.790. The fourth-order valence-electron chi connectivity index (χ4n) is 2.24. The minimum Gasteiger partial charge on any atom is -0.397 e. The first kappa shape index (κ1) is 15.1. The second-order valence-electron chi connectivity index (χ2n) is 5.03. The number of nitrogens with two attached hydrogens (primary N) is 1. The Balaban J connectivity index is 2.11. The summed E-state index contributed by atoms with van der Waals surface area (Å²) in [7, 11) is -6.30. The third kappa shape index (κ3) is 3.24. The molecule has 112 valence electrons. The lowest BCUT2D eigenvalue weighted by Crippen LogP contribution is -2.25. The van der Waals surface area contributed by atoms with Crippen LogP contribution in [0.5, 0.6) is 0 Å². The van der Waals surface area contributed by atoms with Crippen molar-refractivity contribution in [3.63, 3.8) is 0 Å². The van der Waals surface area contributed by atoms with Crippen molar-refractivity contribution in [1.29, 1.82) is 0 Å². The van der Waals surface area contributed by atoms with Crippen molar-refractivity contribution in [2.45, 2.75) is 23.0 Å². The number of hydrogen-bond acceptors (Lipinski definition) is 6. The molecule has 1 atom stereocenters. The Morgan fingerprint density at radius 2 is 2.10 bits per heavy atom. The first-order valence-electron chi connectivity index (χ1n) is 6.25. The van der Waals surface area contributed by atoms with Gasteiger partial charge in [0, 0.05) is 12.8 Å². The number of hydrogen-bond donors (Lipinski definition) is 2. The van der Waals surface area contributed by atoms with Gasteiger partial charge in [0.1, 0.15) is 0 Å². The Kier molecular flexibility index (Phi) is 3.97. The van der Waals surface area contributed by atoms with Crippen LogP contribution < -0.4 is 11.1 Å². The molecule has 0 radical (unpaired) electrons. The molecular formula is C12H18N2O4S2. The van der Waals surface area contributed by atoms with Crippen molar-refractivity contribution in [1.82, 2.24) is 0 Å². The molecular weight excluding hydrogens is 300 g/mol. The van der Waals surface area contributed by atoms with Crippen molar-refractivity contribution in [2.24, 2.45) is 0 Å². The predicted molar refractivity (Wildman–Crippen MR) is 79.3 cm³/mol. The van der Waals surface area contributed by atoms with Gasteiger partial charge in [0.2, 0.25) is 0 Å². The van der Waals surface area contributed by atoms with Crippen LogP contribution in [-0.4, -0.2) is 40.6 Å². The Morgan fingerprint density at radius 1 is 1.40 bits per heavy atom. The van der Waals surface area contributed by atoms with Crippen LogP contribution >= 0.6 is 0 Å². The summed E-state index contributed by atoms with van der Waals surface area (Å²) < 4.78 is 46.2. The van der Waals surface area contributed by atoms with Crippen LogP contribution in [0.4, 0.5) is 11.4 Å². The topological polar surface area (TPSA) is 106 Å². The summed E-state index contributed by atoms with van der Waals surface area (Å²) in [5, 5.41) is 2.60. The van der Waals surface area contributed by atoms with E-state index in [9.17, 15) is 16.8 Å².